The molecule has 11 heteroatoms. The van der Waals surface area contributed by atoms with Crippen LogP contribution in [0, 0.1) is 6.92 Å². The number of hydrogen-bond donors (Lipinski definition) is 2. The Hall–Kier alpha value is -4.90. The van der Waals surface area contributed by atoms with Crippen molar-refractivity contribution in [3.05, 3.63) is 71.7 Å². The molecule has 4 amide bonds. The predicted octanol–water partition coefficient (Wildman–Crippen LogP) is 3.90. The highest BCUT2D eigenvalue weighted by molar-refractivity contribution is 6.25. The fourth-order valence-corrected chi connectivity index (χ4v) is 6.13. The van der Waals surface area contributed by atoms with E-state index in [1.54, 1.807) is 24.4 Å². The molecular weight excluding hydrogens is 536 g/mol. The number of carbonyl (C=O) groups excluding carboxylic acids is 4. The molecule has 1 unspecified atom stereocenters. The molecule has 2 N–H and O–H groups in total. The summed E-state index contributed by atoms with van der Waals surface area (Å²) >= 11 is 0. The first-order valence-electron chi connectivity index (χ1n) is 14.0. The van der Waals surface area contributed by atoms with E-state index in [2.05, 4.69) is 26.4 Å². The number of fused-ring (bicyclic) bond motifs is 2. The number of imide groups is 2. The van der Waals surface area contributed by atoms with Gasteiger partial charge in [0, 0.05) is 48.2 Å². The number of anilines is 2. The van der Waals surface area contributed by atoms with Crippen molar-refractivity contribution in [2.24, 2.45) is 0 Å². The third-order valence-electron chi connectivity index (χ3n) is 8.22. The van der Waals surface area contributed by atoms with Crippen LogP contribution in [0.2, 0.25) is 0 Å². The molecule has 3 aliphatic heterocycles. The molecule has 0 radical (unpaired) electrons. The zero-order valence-electron chi connectivity index (χ0n) is 22.9. The lowest BCUT2D eigenvalue weighted by Crippen LogP contribution is -2.54. The first kappa shape index (κ1) is 26.0. The summed E-state index contributed by atoms with van der Waals surface area (Å²) < 4.78 is 7.63. The van der Waals surface area contributed by atoms with E-state index in [0.29, 0.717) is 18.9 Å². The molecule has 0 spiro atoms. The topological polar surface area (TPSA) is 136 Å². The molecule has 2 fully saturated rings. The van der Waals surface area contributed by atoms with Gasteiger partial charge < -0.3 is 10.1 Å². The van der Waals surface area contributed by atoms with Gasteiger partial charge in [-0.1, -0.05) is 6.07 Å². The normalized spacial score (nSPS) is 19.4. The average molecular weight is 565 g/mol. The largest absolute Gasteiger partial charge is 0.381 e. The first-order valence-corrected chi connectivity index (χ1v) is 14.0. The highest BCUT2D eigenvalue weighted by Crippen LogP contribution is 2.39. The van der Waals surface area contributed by atoms with E-state index >= 15 is 0 Å². The molecule has 2 aromatic carbocycles. The number of amides is 4. The fraction of sp³-hybridized carbons (Fsp3) is 0.290. The summed E-state index contributed by atoms with van der Waals surface area (Å²) in [7, 11) is 0. The number of aromatic nitrogens is 3. The molecule has 7 rings (SSSR count). The molecule has 212 valence electrons. The van der Waals surface area contributed by atoms with Crippen molar-refractivity contribution in [3.8, 4) is 11.1 Å². The van der Waals surface area contributed by atoms with Gasteiger partial charge in [-0.15, -0.1) is 0 Å². The number of nitrogens with one attached hydrogen (secondary N) is 2. The van der Waals surface area contributed by atoms with Crippen LogP contribution in [0.5, 0.6) is 0 Å². The summed E-state index contributed by atoms with van der Waals surface area (Å²) in [4.78, 5) is 56.7. The molecule has 2 aromatic heterocycles. The maximum absolute atomic E-state index is 13.7. The van der Waals surface area contributed by atoms with Gasteiger partial charge >= 0.3 is 0 Å². The van der Waals surface area contributed by atoms with Crippen molar-refractivity contribution in [1.29, 1.82) is 0 Å². The SMILES string of the molecule is Cc1cc(-c2cc3c(cnn3C3CCOCC3)cc2Nc2cccc3c2C(=O)N(C2CCC(=O)NC2=O)C3=O)ccn1. The predicted molar refractivity (Wildman–Crippen MR) is 153 cm³/mol. The van der Waals surface area contributed by atoms with Crippen LogP contribution in [0.1, 0.15) is 58.1 Å². The second-order valence-electron chi connectivity index (χ2n) is 10.9. The van der Waals surface area contributed by atoms with E-state index in [1.807, 2.05) is 31.3 Å². The van der Waals surface area contributed by atoms with Gasteiger partial charge in [0.2, 0.25) is 11.8 Å². The minimum absolute atomic E-state index is 0.0607. The Labute approximate surface area is 240 Å². The lowest BCUT2D eigenvalue weighted by molar-refractivity contribution is -0.136. The Bertz CT molecular complexity index is 1790. The van der Waals surface area contributed by atoms with Gasteiger partial charge in [0.05, 0.1) is 34.6 Å². The molecule has 0 aliphatic carbocycles. The second-order valence-corrected chi connectivity index (χ2v) is 10.9. The number of hydrogen-bond acceptors (Lipinski definition) is 8. The highest BCUT2D eigenvalue weighted by Gasteiger charge is 2.45. The second kappa shape index (κ2) is 10.2. The molecule has 1 atom stereocenters. The number of ether oxygens (including phenoxy) is 1. The number of piperidine rings is 1. The number of rotatable bonds is 5. The minimum Gasteiger partial charge on any atom is -0.381 e. The van der Waals surface area contributed by atoms with Crippen molar-refractivity contribution < 1.29 is 23.9 Å². The maximum Gasteiger partial charge on any atom is 0.264 e. The fourth-order valence-electron chi connectivity index (χ4n) is 6.13. The van der Waals surface area contributed by atoms with Crippen LogP contribution in [0.25, 0.3) is 22.0 Å². The quantitative estimate of drug-likeness (QED) is 0.349. The lowest BCUT2D eigenvalue weighted by Gasteiger charge is -2.27. The maximum atomic E-state index is 13.7. The summed E-state index contributed by atoms with van der Waals surface area (Å²) in [5.41, 5.74) is 5.26. The Kier molecular flexibility index (Phi) is 6.31. The molecule has 11 nitrogen and oxygen atoms in total. The summed E-state index contributed by atoms with van der Waals surface area (Å²) in [5.74, 6) is -2.17. The lowest BCUT2D eigenvalue weighted by atomic mass is 10.0. The third kappa shape index (κ3) is 4.33. The Morgan fingerprint density at radius 3 is 2.57 bits per heavy atom. The van der Waals surface area contributed by atoms with Crippen LogP contribution in [-0.2, 0) is 14.3 Å². The number of pyridine rings is 1. The summed E-state index contributed by atoms with van der Waals surface area (Å²) in [5, 5.41) is 11.3. The minimum atomic E-state index is -1.04. The van der Waals surface area contributed by atoms with Crippen LogP contribution in [-0.4, -0.2) is 62.5 Å². The number of nitrogens with zero attached hydrogens (tertiary/aromatic N) is 4. The first-order chi connectivity index (χ1) is 20.4. The number of aryl methyl sites for hydroxylation is 1. The van der Waals surface area contributed by atoms with Crippen LogP contribution < -0.4 is 10.6 Å². The Morgan fingerprint density at radius 1 is 0.952 bits per heavy atom. The van der Waals surface area contributed by atoms with E-state index in [1.165, 1.54) is 0 Å². The molecule has 0 bridgehead atoms. The van der Waals surface area contributed by atoms with Gasteiger partial charge in [0.1, 0.15) is 6.04 Å². The molecule has 3 aliphatic rings. The standard InChI is InChI=1S/C31H28N6O5/c1-17-13-18(7-10-32-17)22-15-26-19(16-33-37(26)20-8-11-42-12-9-20)14-24(22)34-23-4-2-3-21-28(23)31(41)36(30(21)40)25-5-6-27(38)35-29(25)39/h2-4,7,10,13-16,20,25,34H,5-6,8-9,11-12H2,1H3,(H,35,38,39). The number of carbonyl (C=O) groups is 4. The molecular formula is C31H28N6O5. The van der Waals surface area contributed by atoms with Crippen LogP contribution in [0.3, 0.4) is 0 Å². The van der Waals surface area contributed by atoms with Crippen LogP contribution in [0.4, 0.5) is 11.4 Å². The van der Waals surface area contributed by atoms with Gasteiger partial charge in [0.15, 0.2) is 0 Å². The van der Waals surface area contributed by atoms with Crippen molar-refractivity contribution in [1.82, 2.24) is 25.0 Å². The molecule has 0 saturated carbocycles. The van der Waals surface area contributed by atoms with E-state index in [9.17, 15) is 19.2 Å². The van der Waals surface area contributed by atoms with Crippen molar-refractivity contribution in [2.75, 3.05) is 18.5 Å². The van der Waals surface area contributed by atoms with Crippen molar-refractivity contribution in [2.45, 2.75) is 44.7 Å². The Balaban J connectivity index is 1.31. The van der Waals surface area contributed by atoms with Gasteiger partial charge in [-0.25, -0.2) is 0 Å². The van der Waals surface area contributed by atoms with E-state index in [0.717, 1.165) is 51.2 Å². The summed E-state index contributed by atoms with van der Waals surface area (Å²) in [6.45, 7) is 3.33. The Morgan fingerprint density at radius 2 is 1.79 bits per heavy atom. The number of benzene rings is 2. The molecule has 2 saturated heterocycles. The third-order valence-corrected chi connectivity index (χ3v) is 8.22. The highest BCUT2D eigenvalue weighted by atomic mass is 16.5. The summed E-state index contributed by atoms with van der Waals surface area (Å²) in [6, 6.07) is 12.3. The van der Waals surface area contributed by atoms with Gasteiger partial charge in [-0.2, -0.15) is 5.10 Å². The molecule has 42 heavy (non-hydrogen) atoms. The monoisotopic (exact) mass is 564 g/mol. The van der Waals surface area contributed by atoms with Crippen LogP contribution in [0.15, 0.2) is 54.9 Å². The van der Waals surface area contributed by atoms with E-state index < -0.39 is 29.7 Å². The van der Waals surface area contributed by atoms with Gasteiger partial charge in [-0.05, 0) is 68.1 Å². The molecule has 4 aromatic rings. The van der Waals surface area contributed by atoms with E-state index in [-0.39, 0.29) is 30.0 Å². The zero-order chi connectivity index (χ0) is 29.0. The van der Waals surface area contributed by atoms with Gasteiger partial charge in [-0.3, -0.25) is 39.1 Å². The smallest absolute Gasteiger partial charge is 0.264 e. The zero-order valence-corrected chi connectivity index (χ0v) is 22.9. The van der Waals surface area contributed by atoms with Crippen LogP contribution >= 0.6 is 0 Å². The van der Waals surface area contributed by atoms with Crippen molar-refractivity contribution in [3.63, 3.8) is 0 Å². The van der Waals surface area contributed by atoms with Gasteiger partial charge in [0.25, 0.3) is 11.8 Å². The van der Waals surface area contributed by atoms with E-state index in [4.69, 9.17) is 9.84 Å². The summed E-state index contributed by atoms with van der Waals surface area (Å²) in [6.07, 6.45) is 5.53. The van der Waals surface area contributed by atoms with Crippen molar-refractivity contribution >= 4 is 45.9 Å². The average Bonchev–Trinajstić information content (AvgIpc) is 3.51. The molecule has 5 heterocycles.